The standard InChI is InChI=1S/C24H25N5OS/c1-4-25-13-17-5-7-19(8-6-17)23-28-29-24(30-23)22-15-26-14-21(27-22)18-9-11-20(12-10-18)31-16(2)3/h5-12,14-16,25H,4,13H2,1-3H3. The van der Waals surface area contributed by atoms with Crippen LogP contribution < -0.4 is 5.32 Å². The second-order valence-electron chi connectivity index (χ2n) is 7.37. The Kier molecular flexibility index (Phi) is 6.74. The first-order valence-electron chi connectivity index (χ1n) is 10.4. The molecule has 158 valence electrons. The monoisotopic (exact) mass is 431 g/mol. The van der Waals surface area contributed by atoms with E-state index in [0.717, 1.165) is 29.9 Å². The zero-order chi connectivity index (χ0) is 21.6. The van der Waals surface area contributed by atoms with Gasteiger partial charge in [-0.1, -0.05) is 45.0 Å². The van der Waals surface area contributed by atoms with Crippen molar-refractivity contribution in [2.45, 2.75) is 37.5 Å². The number of rotatable bonds is 8. The number of hydrogen-bond donors (Lipinski definition) is 1. The van der Waals surface area contributed by atoms with Gasteiger partial charge < -0.3 is 9.73 Å². The van der Waals surface area contributed by atoms with E-state index in [2.05, 4.69) is 82.7 Å². The number of thioether (sulfide) groups is 1. The van der Waals surface area contributed by atoms with Crippen LogP contribution in [0, 0.1) is 0 Å². The minimum Gasteiger partial charge on any atom is -0.415 e. The Morgan fingerprint density at radius 3 is 2.26 bits per heavy atom. The van der Waals surface area contributed by atoms with Crippen molar-refractivity contribution in [2.75, 3.05) is 6.54 Å². The molecule has 0 aliphatic heterocycles. The van der Waals surface area contributed by atoms with Gasteiger partial charge in [0.25, 0.3) is 5.89 Å². The van der Waals surface area contributed by atoms with Crippen molar-refractivity contribution in [3.8, 4) is 34.3 Å². The lowest BCUT2D eigenvalue weighted by molar-refractivity contribution is 0.581. The van der Waals surface area contributed by atoms with E-state index in [1.165, 1.54) is 10.5 Å². The maximum Gasteiger partial charge on any atom is 0.268 e. The van der Waals surface area contributed by atoms with E-state index in [-0.39, 0.29) is 0 Å². The summed E-state index contributed by atoms with van der Waals surface area (Å²) in [6.45, 7) is 8.24. The van der Waals surface area contributed by atoms with Crippen molar-refractivity contribution in [3.05, 3.63) is 66.5 Å². The number of nitrogens with zero attached hydrogens (tertiary/aromatic N) is 4. The SMILES string of the molecule is CCNCc1ccc(-c2nnc(-c3cncc(-c4ccc(SC(C)C)cc4)n3)o2)cc1. The fourth-order valence-corrected chi connectivity index (χ4v) is 3.90. The molecule has 2 aromatic carbocycles. The van der Waals surface area contributed by atoms with Gasteiger partial charge in [0.15, 0.2) is 0 Å². The fourth-order valence-electron chi connectivity index (χ4n) is 3.06. The molecule has 0 spiro atoms. The van der Waals surface area contributed by atoms with Crippen LogP contribution in [0.4, 0.5) is 0 Å². The molecule has 4 rings (SSSR count). The Morgan fingerprint density at radius 2 is 1.55 bits per heavy atom. The third-order valence-corrected chi connectivity index (χ3v) is 5.60. The summed E-state index contributed by atoms with van der Waals surface area (Å²) in [5, 5.41) is 12.2. The van der Waals surface area contributed by atoms with E-state index in [1.807, 2.05) is 23.9 Å². The molecule has 1 N–H and O–H groups in total. The van der Waals surface area contributed by atoms with Gasteiger partial charge in [-0.25, -0.2) is 4.98 Å². The summed E-state index contributed by atoms with van der Waals surface area (Å²) in [6, 6.07) is 16.4. The molecule has 2 aromatic heterocycles. The highest BCUT2D eigenvalue weighted by atomic mass is 32.2. The Morgan fingerprint density at radius 1 is 0.871 bits per heavy atom. The second-order valence-corrected chi connectivity index (χ2v) is 9.02. The topological polar surface area (TPSA) is 76.7 Å². The average Bonchev–Trinajstić information content (AvgIpc) is 3.29. The third-order valence-electron chi connectivity index (χ3n) is 4.58. The Hall–Kier alpha value is -3.03. The molecule has 0 saturated heterocycles. The Labute approximate surface area is 186 Å². The van der Waals surface area contributed by atoms with E-state index in [4.69, 9.17) is 4.42 Å². The van der Waals surface area contributed by atoms with Crippen molar-refractivity contribution in [1.29, 1.82) is 0 Å². The second kappa shape index (κ2) is 9.85. The molecule has 0 atom stereocenters. The highest BCUT2D eigenvalue weighted by molar-refractivity contribution is 7.99. The normalized spacial score (nSPS) is 11.2. The van der Waals surface area contributed by atoms with Gasteiger partial charge in [-0.05, 0) is 36.4 Å². The molecular weight excluding hydrogens is 406 g/mol. The summed E-state index contributed by atoms with van der Waals surface area (Å²) in [5.74, 6) is 0.820. The largest absolute Gasteiger partial charge is 0.415 e. The molecule has 6 nitrogen and oxygen atoms in total. The molecule has 0 aliphatic carbocycles. The van der Waals surface area contributed by atoms with Gasteiger partial charge in [0, 0.05) is 27.8 Å². The number of nitrogens with one attached hydrogen (secondary N) is 1. The van der Waals surface area contributed by atoms with Crippen LogP contribution in [0.25, 0.3) is 34.3 Å². The van der Waals surface area contributed by atoms with Crippen LogP contribution in [0.5, 0.6) is 0 Å². The fraction of sp³-hybridized carbons (Fsp3) is 0.250. The molecule has 0 unspecified atom stereocenters. The van der Waals surface area contributed by atoms with Gasteiger partial charge in [0.1, 0.15) is 5.69 Å². The summed E-state index contributed by atoms with van der Waals surface area (Å²) in [7, 11) is 0. The summed E-state index contributed by atoms with van der Waals surface area (Å²) >= 11 is 1.83. The van der Waals surface area contributed by atoms with Crippen molar-refractivity contribution >= 4 is 11.8 Å². The molecule has 0 amide bonds. The molecular formula is C24H25N5OS. The minimum atomic E-state index is 0.355. The third kappa shape index (κ3) is 5.37. The molecule has 0 saturated carbocycles. The van der Waals surface area contributed by atoms with Gasteiger partial charge in [0.05, 0.1) is 18.1 Å². The minimum absolute atomic E-state index is 0.355. The van der Waals surface area contributed by atoms with Crippen molar-refractivity contribution in [1.82, 2.24) is 25.5 Å². The molecule has 2 heterocycles. The number of hydrogen-bond acceptors (Lipinski definition) is 7. The Balaban J connectivity index is 1.53. The van der Waals surface area contributed by atoms with Crippen molar-refractivity contribution in [2.24, 2.45) is 0 Å². The van der Waals surface area contributed by atoms with E-state index in [9.17, 15) is 0 Å². The first-order chi connectivity index (χ1) is 15.1. The van der Waals surface area contributed by atoms with Crippen LogP contribution in [-0.4, -0.2) is 32.0 Å². The number of aromatic nitrogens is 4. The molecule has 0 fully saturated rings. The molecule has 31 heavy (non-hydrogen) atoms. The predicted octanol–water partition coefficient (Wildman–Crippen LogP) is 5.47. The lowest BCUT2D eigenvalue weighted by Gasteiger charge is -2.06. The molecule has 4 aromatic rings. The van der Waals surface area contributed by atoms with E-state index >= 15 is 0 Å². The first kappa shape index (κ1) is 21.2. The van der Waals surface area contributed by atoms with Crippen LogP contribution in [-0.2, 0) is 6.54 Å². The van der Waals surface area contributed by atoms with Gasteiger partial charge in [-0.2, -0.15) is 0 Å². The van der Waals surface area contributed by atoms with E-state index < -0.39 is 0 Å². The van der Waals surface area contributed by atoms with Gasteiger partial charge in [-0.3, -0.25) is 4.98 Å². The van der Waals surface area contributed by atoms with Crippen LogP contribution in [0.3, 0.4) is 0 Å². The summed E-state index contributed by atoms with van der Waals surface area (Å²) < 4.78 is 5.89. The zero-order valence-corrected chi connectivity index (χ0v) is 18.7. The van der Waals surface area contributed by atoms with Crippen LogP contribution in [0.2, 0.25) is 0 Å². The predicted molar refractivity (Wildman–Crippen MR) is 125 cm³/mol. The van der Waals surface area contributed by atoms with Crippen molar-refractivity contribution in [3.63, 3.8) is 0 Å². The van der Waals surface area contributed by atoms with Crippen LogP contribution >= 0.6 is 11.8 Å². The molecule has 0 aliphatic rings. The summed E-state index contributed by atoms with van der Waals surface area (Å²) in [6.07, 6.45) is 3.39. The summed E-state index contributed by atoms with van der Waals surface area (Å²) in [5.41, 5.74) is 4.41. The number of benzene rings is 2. The lowest BCUT2D eigenvalue weighted by atomic mass is 10.1. The van der Waals surface area contributed by atoms with Crippen LogP contribution in [0.1, 0.15) is 26.3 Å². The lowest BCUT2D eigenvalue weighted by Crippen LogP contribution is -2.11. The van der Waals surface area contributed by atoms with E-state index in [1.54, 1.807) is 12.4 Å². The first-order valence-corrected chi connectivity index (χ1v) is 11.2. The Bertz CT molecular complexity index is 1120. The highest BCUT2D eigenvalue weighted by Crippen LogP contribution is 2.27. The smallest absolute Gasteiger partial charge is 0.268 e. The summed E-state index contributed by atoms with van der Waals surface area (Å²) in [4.78, 5) is 10.2. The quantitative estimate of drug-likeness (QED) is 0.371. The highest BCUT2D eigenvalue weighted by Gasteiger charge is 2.13. The maximum absolute atomic E-state index is 5.89. The maximum atomic E-state index is 5.89. The molecule has 0 bridgehead atoms. The van der Waals surface area contributed by atoms with Gasteiger partial charge in [-0.15, -0.1) is 22.0 Å². The van der Waals surface area contributed by atoms with Gasteiger partial charge in [0.2, 0.25) is 5.89 Å². The molecule has 0 radical (unpaired) electrons. The van der Waals surface area contributed by atoms with Crippen LogP contribution in [0.15, 0.2) is 70.2 Å². The average molecular weight is 432 g/mol. The zero-order valence-electron chi connectivity index (χ0n) is 17.9. The van der Waals surface area contributed by atoms with Gasteiger partial charge >= 0.3 is 0 Å². The molecule has 7 heteroatoms. The van der Waals surface area contributed by atoms with E-state index in [0.29, 0.717) is 22.7 Å². The van der Waals surface area contributed by atoms with Crippen molar-refractivity contribution < 1.29 is 4.42 Å².